The van der Waals surface area contributed by atoms with E-state index in [4.69, 9.17) is 37.4 Å². The molecule has 15 rings (SSSR count). The van der Waals surface area contributed by atoms with Gasteiger partial charge in [-0.2, -0.15) is 36.9 Å². The van der Waals surface area contributed by atoms with Gasteiger partial charge < -0.3 is 54.5 Å². The molecule has 0 saturated carbocycles. The fourth-order valence-electron chi connectivity index (χ4n) is 16.9. The van der Waals surface area contributed by atoms with E-state index >= 15 is 26.3 Å². The first-order chi connectivity index (χ1) is 65.4. The molecule has 4 N–H and O–H groups in total. The maximum Gasteiger partial charge on any atom is 0.417 e. The van der Waals surface area contributed by atoms with E-state index in [1.165, 1.54) is 55.4 Å². The maximum absolute atomic E-state index is 15.3. The van der Waals surface area contributed by atoms with Crippen molar-refractivity contribution in [1.29, 1.82) is 10.5 Å². The molecule has 718 valence electrons. The van der Waals surface area contributed by atoms with Crippen LogP contribution in [0.25, 0.3) is 66.1 Å². The van der Waals surface area contributed by atoms with Crippen LogP contribution in [0.15, 0.2) is 175 Å². The van der Waals surface area contributed by atoms with Crippen molar-refractivity contribution in [3.63, 3.8) is 0 Å². The van der Waals surface area contributed by atoms with E-state index in [-0.39, 0.29) is 84.4 Å². The number of ether oxygens (including phenoxy) is 3. The van der Waals surface area contributed by atoms with Gasteiger partial charge in [0.05, 0.1) is 77.9 Å². The number of alkyl halides is 8. The molecule has 7 heterocycles. The number of esters is 3. The number of benzene rings is 8. The lowest BCUT2D eigenvalue weighted by Gasteiger charge is -2.38. The Morgan fingerprint density at radius 1 is 0.500 bits per heavy atom. The molecule has 8 aromatic carbocycles. The number of pyridine rings is 4. The molecule has 23 nitrogen and oxygen atoms in total. The average molecular weight is 1950 g/mol. The first-order valence-electron chi connectivity index (χ1n) is 42.8. The van der Waals surface area contributed by atoms with Crippen LogP contribution in [0.5, 0.6) is 0 Å². The molecule has 3 aliphatic heterocycles. The number of aryl methyl sites for hydroxylation is 1. The number of nitrogens with zero attached hydrogens (tertiary/aromatic N) is 9. The highest BCUT2D eigenvalue weighted by Crippen LogP contribution is 2.44. The summed E-state index contributed by atoms with van der Waals surface area (Å²) in [7, 11) is 4.58. The summed E-state index contributed by atoms with van der Waals surface area (Å²) in [6.45, 7) is 3.57. The summed E-state index contributed by atoms with van der Waals surface area (Å²) in [5.41, 5.74) is -0.712. The van der Waals surface area contributed by atoms with Gasteiger partial charge in [-0.05, 0) is 148 Å². The number of fused-ring (bicyclic) bond motifs is 3. The number of carbonyl (C=O) groups excluding carboxylic acids is 6. The van der Waals surface area contributed by atoms with E-state index in [1.807, 2.05) is 12.1 Å². The zero-order valence-corrected chi connectivity index (χ0v) is 75.7. The molecule has 12 aromatic rings. The molecule has 3 fully saturated rings. The van der Waals surface area contributed by atoms with Crippen molar-refractivity contribution in [2.24, 2.45) is 7.05 Å². The van der Waals surface area contributed by atoms with Gasteiger partial charge in [-0.15, -0.1) is 0 Å². The molecule has 0 aliphatic carbocycles. The van der Waals surface area contributed by atoms with Gasteiger partial charge in [0.1, 0.15) is 75.8 Å². The van der Waals surface area contributed by atoms with Crippen molar-refractivity contribution in [2.75, 3.05) is 68.8 Å². The van der Waals surface area contributed by atoms with Crippen LogP contribution < -0.4 is 36.2 Å². The summed E-state index contributed by atoms with van der Waals surface area (Å²) in [5.74, 6) is -16.7. The first-order valence-corrected chi connectivity index (χ1v) is 43.6. The average Bonchev–Trinajstić information content (AvgIpc) is 0.743. The van der Waals surface area contributed by atoms with Crippen LogP contribution in [-0.4, -0.2) is 156 Å². The van der Waals surface area contributed by atoms with E-state index in [9.17, 15) is 84.3 Å². The molecule has 0 spiro atoms. The number of rotatable bonds is 21. The third kappa shape index (κ3) is 22.5. The Morgan fingerprint density at radius 3 is 1.20 bits per heavy atom. The summed E-state index contributed by atoms with van der Waals surface area (Å²) in [6, 6.07) is 33.2. The van der Waals surface area contributed by atoms with Crippen LogP contribution in [-0.2, 0) is 61.1 Å². The predicted octanol–water partition coefficient (Wildman–Crippen LogP) is 18.7. The Labute approximate surface area is 788 Å². The minimum Gasteiger partial charge on any atom is -0.467 e. The number of hydrogen-bond acceptors (Lipinski definition) is 19. The molecular weight excluding hydrogens is 1870 g/mol. The number of methoxy groups -OCH3 is 3. The fraction of sp³-hybridized carbons (Fsp3) is 0.293. The molecule has 138 heavy (non-hydrogen) atoms. The Bertz CT molecular complexity index is 6580. The molecule has 0 unspecified atom stereocenters. The summed E-state index contributed by atoms with van der Waals surface area (Å²) in [5, 5.41) is 37.8. The molecule has 39 heteroatoms. The van der Waals surface area contributed by atoms with Crippen LogP contribution in [0, 0.1) is 64.5 Å². The summed E-state index contributed by atoms with van der Waals surface area (Å²) in [4.78, 5) is 108. The van der Waals surface area contributed by atoms with Crippen molar-refractivity contribution in [2.45, 2.75) is 126 Å². The minimum absolute atomic E-state index is 0.0334. The maximum atomic E-state index is 15.3. The van der Waals surface area contributed by atoms with Crippen molar-refractivity contribution < 1.29 is 110 Å². The monoisotopic (exact) mass is 1950 g/mol. The molecule has 3 amide bonds. The Balaban J connectivity index is 0.000000175. The van der Waals surface area contributed by atoms with Gasteiger partial charge in [-0.1, -0.05) is 89.9 Å². The second-order valence-electron chi connectivity index (χ2n) is 33.3. The van der Waals surface area contributed by atoms with Crippen molar-refractivity contribution in [1.82, 2.24) is 35.5 Å². The molecule has 4 atom stereocenters. The summed E-state index contributed by atoms with van der Waals surface area (Å²) in [6.07, 6.45) is -5.33. The van der Waals surface area contributed by atoms with E-state index in [1.54, 1.807) is 103 Å². The van der Waals surface area contributed by atoms with Gasteiger partial charge in [0.2, 0.25) is 0 Å². The minimum atomic E-state index is -4.90. The number of amides is 3. The lowest BCUT2D eigenvalue weighted by atomic mass is 9.93. The van der Waals surface area contributed by atoms with Gasteiger partial charge in [0, 0.05) is 167 Å². The topological polar surface area (TPSA) is 304 Å². The largest absolute Gasteiger partial charge is 0.467 e. The van der Waals surface area contributed by atoms with E-state index in [0.717, 1.165) is 61.1 Å². The number of hydrogen-bond donors (Lipinski definition) is 4. The highest BCUT2D eigenvalue weighted by Gasteiger charge is 2.46. The van der Waals surface area contributed by atoms with Gasteiger partial charge in [0.15, 0.2) is 0 Å². The molecule has 4 aromatic heterocycles. The molecule has 3 saturated heterocycles. The van der Waals surface area contributed by atoms with E-state index < -0.39 is 177 Å². The summed E-state index contributed by atoms with van der Waals surface area (Å²) < 4.78 is 217. The van der Waals surface area contributed by atoms with Gasteiger partial charge in [-0.25, -0.2) is 49.5 Å². The van der Waals surface area contributed by atoms with Crippen molar-refractivity contribution in [3.8, 4) is 45.5 Å². The van der Waals surface area contributed by atoms with Gasteiger partial charge >= 0.3 is 30.3 Å². The number of carbonyl (C=O) groups is 6. The third-order valence-electron chi connectivity index (χ3n) is 24.3. The molecular formula is C99H84Cl2F14N12O11. The second kappa shape index (κ2) is 42.1. The Hall–Kier alpha value is -14.3. The molecule has 0 bridgehead atoms. The smallest absolute Gasteiger partial charge is 0.417 e. The molecule has 3 aliphatic rings. The number of nitriles is 2. The zero-order chi connectivity index (χ0) is 99.9. The SMILES string of the molecule is COC(=O)[C@H](Cc1ccc(-c2c(C(F)(F)F)cc(C)n(C)c2=O)c2ncccc12)NC(=O)c1c(F)cc(N2CCCC[C@@H]2C(F)(F)F)cc1F.COC(=O)[C@H](Cc1ccc(-c2ccc(C#N)cc2Cl)c2ncccc12)NC(=O)c1c(F)cc(N2CCC(C)(O)CC2)cc1F.COC(=O)[C@H](Cc1ccc(-c2ccc(C#N)cc2Cl)c2ncccc12)NC(=O)c1c(F)cc(N2CCC(F)(F)CC2)cc1F. The van der Waals surface area contributed by atoms with E-state index in [2.05, 4.69) is 30.9 Å². The number of nitrogens with one attached hydrogen (secondary N) is 3. The van der Waals surface area contributed by atoms with Gasteiger partial charge in [-0.3, -0.25) is 34.1 Å². The Kier molecular flexibility index (Phi) is 30.9. The quantitative estimate of drug-likeness (QED) is 0.0295. The highest BCUT2D eigenvalue weighted by molar-refractivity contribution is 6.34. The number of anilines is 3. The lowest BCUT2D eigenvalue weighted by Crippen LogP contribution is -2.49. The normalized spacial score (nSPS) is 15.3. The number of aromatic nitrogens is 4. The zero-order valence-electron chi connectivity index (χ0n) is 74.2. The molecule has 0 radical (unpaired) electrons. The van der Waals surface area contributed by atoms with Gasteiger partial charge in [0.25, 0.3) is 29.2 Å². The van der Waals surface area contributed by atoms with Crippen molar-refractivity contribution >= 4 is 109 Å². The lowest BCUT2D eigenvalue weighted by molar-refractivity contribution is -0.152. The highest BCUT2D eigenvalue weighted by atomic mass is 35.5. The third-order valence-corrected chi connectivity index (χ3v) is 24.9. The summed E-state index contributed by atoms with van der Waals surface area (Å²) >= 11 is 12.9. The van der Waals surface area contributed by atoms with E-state index in [0.29, 0.717) is 121 Å². The fourth-order valence-corrected chi connectivity index (χ4v) is 17.5. The number of halogens is 16. The van der Waals surface area contributed by atoms with Crippen LogP contribution in [0.3, 0.4) is 0 Å². The van der Waals surface area contributed by atoms with Crippen LogP contribution in [0.2, 0.25) is 10.0 Å². The predicted molar refractivity (Wildman–Crippen MR) is 485 cm³/mol. The Morgan fingerprint density at radius 2 is 0.848 bits per heavy atom. The van der Waals surface area contributed by atoms with Crippen LogP contribution in [0.1, 0.15) is 122 Å². The number of piperidine rings is 3. The number of aliphatic hydroxyl groups is 1. The first kappa shape index (κ1) is 101. The van der Waals surface area contributed by atoms with Crippen LogP contribution in [0.4, 0.5) is 78.5 Å². The van der Waals surface area contributed by atoms with Crippen molar-refractivity contribution in [3.05, 3.63) is 281 Å². The standard InChI is InChI=1S/C34H30F8N4O4.C33H29ClF2N4O4.C32H25ClF4N4O3/c1-17-13-22(33(37,38)39)27(31(48)45(17)2)21-10-9-18(20-7-6-11-43-29(20)21)14-25(32(49)50-3)44-30(47)28-23(35)15-19(16-24(28)36)46-12-5-4-8-26(46)34(40,41)42;1-33(43)9-12-40(13-10-33)21-16-26(35)29(27(36)17-21)31(41)39-28(32(42)44-2)15-20-6-8-24(30-22(20)4-3-11-38-30)23-7-5-19(18-37)14-25(23)34;1-44-31(43)27(40-30(42)28-25(34)15-20(16-26(28)35)41-11-8-32(36,37)9-12-41)14-19-5-7-23(29-21(19)3-2-10-39-29)22-6-4-18(17-38)13-24(22)33/h6-7,9-11,13,15-16,25-26H,4-5,8,12,14H2,1-3H3,(H,44,47);3-8,11,14,16-17,28,43H,9-10,12-13,15H2,1-2H3,(H,39,41);2-7,10,13,15-16,27H,8-9,11-12,14H2,1H3,(H,40,42)/t25-,26+;28-;27-/m000/s1. The van der Waals surface area contributed by atoms with Crippen LogP contribution >= 0.6 is 23.2 Å². The second-order valence-corrected chi connectivity index (χ2v) is 34.1.